The maximum absolute atomic E-state index is 12.5. The third-order valence-electron chi connectivity index (χ3n) is 6.87. The number of carbonyl (C=O) groups excluding carboxylic acids is 2. The lowest BCUT2D eigenvalue weighted by Crippen LogP contribution is -2.37. The largest absolute Gasteiger partial charge is 0.378 e. The average Bonchev–Trinajstić information content (AvgIpc) is 3.43. The first-order chi connectivity index (χ1) is 20.4. The van der Waals surface area contributed by atoms with Crippen molar-refractivity contribution in [1.29, 1.82) is 0 Å². The number of hydrogen-bond donors (Lipinski definition) is 3. The molecule has 220 valence electrons. The van der Waals surface area contributed by atoms with Gasteiger partial charge < -0.3 is 30.5 Å². The monoisotopic (exact) mass is 572 g/mol. The highest BCUT2D eigenvalue weighted by Crippen LogP contribution is 2.27. The molecule has 0 spiro atoms. The van der Waals surface area contributed by atoms with Crippen LogP contribution in [0.3, 0.4) is 0 Å². The highest BCUT2D eigenvalue weighted by Gasteiger charge is 2.21. The summed E-state index contributed by atoms with van der Waals surface area (Å²) in [5, 5.41) is 17.2. The zero-order chi connectivity index (χ0) is 29.5. The van der Waals surface area contributed by atoms with E-state index in [0.29, 0.717) is 61.1 Å². The van der Waals surface area contributed by atoms with E-state index >= 15 is 0 Å². The van der Waals surface area contributed by atoms with Crippen molar-refractivity contribution in [2.45, 2.75) is 20.0 Å². The Bertz CT molecular complexity index is 1510. The number of nitrogens with one attached hydrogen (secondary N) is 3. The fourth-order valence-corrected chi connectivity index (χ4v) is 4.51. The van der Waals surface area contributed by atoms with Gasteiger partial charge in [-0.25, -0.2) is 19.4 Å². The Morgan fingerprint density at radius 3 is 2.40 bits per heavy atom. The second-order valence-corrected chi connectivity index (χ2v) is 10.2. The van der Waals surface area contributed by atoms with E-state index in [2.05, 4.69) is 31.2 Å². The standard InChI is InChI=1S/C29H36N10O3/c1-4-39-27-24(35-36-39)26(38-15-17-42-18-16-38)33-25(34-27)21-9-11-23(12-10-21)32-29(41)31-19-20-5-7-22(8-6-20)28(40)30-13-14-37(2)3/h5-12H,4,13-19H2,1-3H3,(H,30,40)(H2,31,32,41). The lowest BCUT2D eigenvalue weighted by molar-refractivity contribution is 0.0951. The van der Waals surface area contributed by atoms with E-state index in [9.17, 15) is 9.59 Å². The second-order valence-electron chi connectivity index (χ2n) is 10.2. The SMILES string of the molecule is CCn1nnc2c(N3CCOCC3)nc(-c3ccc(NC(=O)NCc4ccc(C(=O)NCCN(C)C)cc4)cc3)nc21. The molecular weight excluding hydrogens is 536 g/mol. The van der Waals surface area contributed by atoms with Crippen LogP contribution >= 0.6 is 0 Å². The topological polar surface area (TPSA) is 142 Å². The van der Waals surface area contributed by atoms with Gasteiger partial charge in [-0.3, -0.25) is 4.79 Å². The summed E-state index contributed by atoms with van der Waals surface area (Å²) >= 11 is 0. The van der Waals surface area contributed by atoms with Crippen LogP contribution in [0.2, 0.25) is 0 Å². The van der Waals surface area contributed by atoms with Crippen LogP contribution in [0.1, 0.15) is 22.8 Å². The van der Waals surface area contributed by atoms with E-state index in [4.69, 9.17) is 14.7 Å². The van der Waals surface area contributed by atoms with Gasteiger partial charge in [-0.1, -0.05) is 17.3 Å². The van der Waals surface area contributed by atoms with Crippen LogP contribution < -0.4 is 20.9 Å². The minimum Gasteiger partial charge on any atom is -0.378 e. The summed E-state index contributed by atoms with van der Waals surface area (Å²) in [6.45, 7) is 7.02. The number of ether oxygens (including phenoxy) is 1. The number of amides is 3. The molecule has 4 aromatic rings. The Hall–Kier alpha value is -4.62. The number of aryl methyl sites for hydroxylation is 1. The number of morpholine rings is 1. The quantitative estimate of drug-likeness (QED) is 0.261. The van der Waals surface area contributed by atoms with E-state index in [1.54, 1.807) is 16.8 Å². The smallest absolute Gasteiger partial charge is 0.319 e. The van der Waals surface area contributed by atoms with Gasteiger partial charge in [0.15, 0.2) is 22.8 Å². The van der Waals surface area contributed by atoms with Gasteiger partial charge in [0, 0.05) is 56.1 Å². The first-order valence-corrected chi connectivity index (χ1v) is 14.0. The molecule has 2 aromatic carbocycles. The van der Waals surface area contributed by atoms with Gasteiger partial charge >= 0.3 is 6.03 Å². The van der Waals surface area contributed by atoms with Gasteiger partial charge in [0.2, 0.25) is 0 Å². The van der Waals surface area contributed by atoms with Gasteiger partial charge in [-0.15, -0.1) is 5.10 Å². The molecule has 1 fully saturated rings. The molecule has 1 saturated heterocycles. The summed E-state index contributed by atoms with van der Waals surface area (Å²) in [6, 6.07) is 14.2. The van der Waals surface area contributed by atoms with Crippen molar-refractivity contribution in [3.8, 4) is 11.4 Å². The lowest BCUT2D eigenvalue weighted by atomic mass is 10.1. The number of likely N-dealkylation sites (N-methyl/N-ethyl adjacent to an activating group) is 1. The maximum atomic E-state index is 12.5. The summed E-state index contributed by atoms with van der Waals surface area (Å²) < 4.78 is 7.27. The van der Waals surface area contributed by atoms with Crippen molar-refractivity contribution in [2.75, 3.05) is 63.7 Å². The zero-order valence-corrected chi connectivity index (χ0v) is 24.1. The van der Waals surface area contributed by atoms with Crippen molar-refractivity contribution < 1.29 is 14.3 Å². The Morgan fingerprint density at radius 1 is 0.976 bits per heavy atom. The average molecular weight is 573 g/mol. The van der Waals surface area contributed by atoms with Crippen LogP contribution in [-0.2, 0) is 17.8 Å². The van der Waals surface area contributed by atoms with Crippen LogP contribution in [0.5, 0.6) is 0 Å². The first-order valence-electron chi connectivity index (χ1n) is 14.0. The molecule has 0 radical (unpaired) electrons. The lowest BCUT2D eigenvalue weighted by Gasteiger charge is -2.27. The van der Waals surface area contributed by atoms with Crippen molar-refractivity contribution in [2.24, 2.45) is 0 Å². The van der Waals surface area contributed by atoms with Gasteiger partial charge in [0.25, 0.3) is 5.91 Å². The Morgan fingerprint density at radius 2 is 1.71 bits per heavy atom. The summed E-state index contributed by atoms with van der Waals surface area (Å²) in [5.41, 5.74) is 4.27. The number of carbonyl (C=O) groups is 2. The van der Waals surface area contributed by atoms with E-state index < -0.39 is 0 Å². The Kier molecular flexibility index (Phi) is 9.19. The number of urea groups is 1. The molecule has 0 unspecified atom stereocenters. The molecule has 13 nitrogen and oxygen atoms in total. The summed E-state index contributed by atoms with van der Waals surface area (Å²) in [5.74, 6) is 1.19. The highest BCUT2D eigenvalue weighted by atomic mass is 16.5. The molecular formula is C29H36N10O3. The third-order valence-corrected chi connectivity index (χ3v) is 6.87. The highest BCUT2D eigenvalue weighted by molar-refractivity contribution is 5.94. The molecule has 0 atom stereocenters. The summed E-state index contributed by atoms with van der Waals surface area (Å²) in [7, 11) is 3.92. The maximum Gasteiger partial charge on any atom is 0.319 e. The molecule has 5 rings (SSSR count). The normalized spacial score (nSPS) is 13.4. The van der Waals surface area contributed by atoms with Crippen molar-refractivity contribution in [3.05, 3.63) is 59.7 Å². The summed E-state index contributed by atoms with van der Waals surface area (Å²) in [6.07, 6.45) is 0. The fraction of sp³-hybridized carbons (Fsp3) is 0.379. The predicted molar refractivity (Wildman–Crippen MR) is 160 cm³/mol. The van der Waals surface area contributed by atoms with Gasteiger partial charge in [-0.05, 0) is 63.0 Å². The number of anilines is 2. The molecule has 3 heterocycles. The van der Waals surface area contributed by atoms with Crippen molar-refractivity contribution in [1.82, 2.24) is 40.5 Å². The Balaban J connectivity index is 1.20. The van der Waals surface area contributed by atoms with Crippen LogP contribution in [0.25, 0.3) is 22.6 Å². The van der Waals surface area contributed by atoms with Crippen LogP contribution in [-0.4, -0.2) is 95.3 Å². The summed E-state index contributed by atoms with van der Waals surface area (Å²) in [4.78, 5) is 38.6. The van der Waals surface area contributed by atoms with Crippen molar-refractivity contribution in [3.63, 3.8) is 0 Å². The molecule has 2 aromatic heterocycles. The molecule has 0 bridgehead atoms. The third kappa shape index (κ3) is 6.98. The molecule has 3 amide bonds. The number of benzene rings is 2. The minimum absolute atomic E-state index is 0.118. The van der Waals surface area contributed by atoms with E-state index in [0.717, 1.165) is 36.6 Å². The molecule has 13 heteroatoms. The van der Waals surface area contributed by atoms with Gasteiger partial charge in [0.05, 0.1) is 13.2 Å². The van der Waals surface area contributed by atoms with E-state index in [1.165, 1.54) is 0 Å². The number of nitrogens with zero attached hydrogens (tertiary/aromatic N) is 7. The number of fused-ring (bicyclic) bond motifs is 1. The molecule has 0 saturated carbocycles. The number of hydrogen-bond acceptors (Lipinski definition) is 9. The van der Waals surface area contributed by atoms with Crippen LogP contribution in [0.4, 0.5) is 16.3 Å². The molecule has 0 aliphatic carbocycles. The van der Waals surface area contributed by atoms with Gasteiger partial charge in [0.1, 0.15) is 0 Å². The zero-order valence-electron chi connectivity index (χ0n) is 24.1. The number of rotatable bonds is 10. The van der Waals surface area contributed by atoms with Crippen LogP contribution in [0, 0.1) is 0 Å². The molecule has 42 heavy (non-hydrogen) atoms. The Labute approximate surface area is 244 Å². The predicted octanol–water partition coefficient (Wildman–Crippen LogP) is 2.36. The minimum atomic E-state index is -0.335. The second kappa shape index (κ2) is 13.4. The van der Waals surface area contributed by atoms with Gasteiger partial charge in [-0.2, -0.15) is 0 Å². The van der Waals surface area contributed by atoms with E-state index in [1.807, 2.05) is 62.3 Å². The number of aromatic nitrogens is 5. The molecule has 1 aliphatic heterocycles. The fourth-order valence-electron chi connectivity index (χ4n) is 4.51. The molecule has 3 N–H and O–H groups in total. The first kappa shape index (κ1) is 28.9. The van der Waals surface area contributed by atoms with Crippen molar-refractivity contribution >= 4 is 34.6 Å². The van der Waals surface area contributed by atoms with Crippen LogP contribution in [0.15, 0.2) is 48.5 Å². The molecule has 1 aliphatic rings. The van der Waals surface area contributed by atoms with E-state index in [-0.39, 0.29) is 11.9 Å².